The summed E-state index contributed by atoms with van der Waals surface area (Å²) in [5.74, 6) is 0. The first-order valence-corrected chi connectivity index (χ1v) is 4.99. The van der Waals surface area contributed by atoms with Gasteiger partial charge in [0.15, 0.2) is 0 Å². The minimum absolute atomic E-state index is 0.288. The number of hydrogen-bond acceptors (Lipinski definition) is 3. The number of benzene rings is 1. The molecule has 3 heteroatoms. The van der Waals surface area contributed by atoms with Crippen LogP contribution in [-0.4, -0.2) is 18.8 Å². The van der Waals surface area contributed by atoms with E-state index in [9.17, 15) is 0 Å². The van der Waals surface area contributed by atoms with E-state index in [4.69, 9.17) is 10.5 Å². The molecular formula is C11H16N2O. The predicted molar refractivity (Wildman–Crippen MR) is 58.3 cm³/mol. The first-order valence-electron chi connectivity index (χ1n) is 4.99. The number of anilines is 2. The number of rotatable bonds is 2. The molecule has 1 fully saturated rings. The molecular weight excluding hydrogens is 176 g/mol. The Balaban J connectivity index is 2.03. The van der Waals surface area contributed by atoms with E-state index in [1.165, 1.54) is 0 Å². The van der Waals surface area contributed by atoms with Gasteiger partial charge < -0.3 is 15.8 Å². The van der Waals surface area contributed by atoms with Crippen molar-refractivity contribution < 1.29 is 4.74 Å². The fourth-order valence-electron chi connectivity index (χ4n) is 1.76. The molecule has 2 rings (SSSR count). The molecule has 0 amide bonds. The molecule has 1 aliphatic rings. The molecule has 76 valence electrons. The quantitative estimate of drug-likeness (QED) is 0.703. The highest BCUT2D eigenvalue weighted by atomic mass is 16.5. The molecule has 2 unspecified atom stereocenters. The Morgan fingerprint density at radius 2 is 2.36 bits per heavy atom. The van der Waals surface area contributed by atoms with Crippen molar-refractivity contribution in [2.75, 3.05) is 17.7 Å². The third-order valence-corrected chi connectivity index (χ3v) is 2.61. The number of nitrogen functional groups attached to an aromatic ring is 1. The zero-order valence-corrected chi connectivity index (χ0v) is 8.36. The largest absolute Gasteiger partial charge is 0.399 e. The monoisotopic (exact) mass is 192 g/mol. The van der Waals surface area contributed by atoms with Gasteiger partial charge >= 0.3 is 0 Å². The van der Waals surface area contributed by atoms with Gasteiger partial charge in [0.05, 0.1) is 12.1 Å². The highest BCUT2D eigenvalue weighted by Gasteiger charge is 2.23. The molecule has 1 aromatic carbocycles. The van der Waals surface area contributed by atoms with Crippen LogP contribution in [0.3, 0.4) is 0 Å². The van der Waals surface area contributed by atoms with Crippen LogP contribution in [0.4, 0.5) is 11.4 Å². The average molecular weight is 192 g/mol. The number of hydrogen-bond donors (Lipinski definition) is 2. The minimum atomic E-state index is 0.288. The Hall–Kier alpha value is -1.22. The van der Waals surface area contributed by atoms with Crippen molar-refractivity contribution in [1.82, 2.24) is 0 Å². The van der Waals surface area contributed by atoms with Crippen molar-refractivity contribution in [3.05, 3.63) is 24.3 Å². The summed E-state index contributed by atoms with van der Waals surface area (Å²) in [5.41, 5.74) is 7.57. The van der Waals surface area contributed by atoms with Crippen LogP contribution in [0.25, 0.3) is 0 Å². The van der Waals surface area contributed by atoms with Gasteiger partial charge in [-0.25, -0.2) is 0 Å². The smallest absolute Gasteiger partial charge is 0.0748 e. The van der Waals surface area contributed by atoms with Crippen LogP contribution in [-0.2, 0) is 4.74 Å². The van der Waals surface area contributed by atoms with Gasteiger partial charge in [0.1, 0.15) is 0 Å². The molecule has 0 saturated carbocycles. The molecule has 0 bridgehead atoms. The molecule has 0 spiro atoms. The first kappa shape index (κ1) is 9.34. The molecule has 2 atom stereocenters. The lowest BCUT2D eigenvalue weighted by atomic mass is 10.1. The molecule has 0 radical (unpaired) electrons. The van der Waals surface area contributed by atoms with Crippen molar-refractivity contribution in [2.24, 2.45) is 0 Å². The number of ether oxygens (including phenoxy) is 1. The van der Waals surface area contributed by atoms with Crippen molar-refractivity contribution in [1.29, 1.82) is 0 Å². The first-order chi connectivity index (χ1) is 6.75. The molecule has 1 aromatic rings. The molecule has 14 heavy (non-hydrogen) atoms. The van der Waals surface area contributed by atoms with E-state index in [1.54, 1.807) is 0 Å². The lowest BCUT2D eigenvalue weighted by Crippen LogP contribution is -2.26. The maximum absolute atomic E-state index is 5.70. The summed E-state index contributed by atoms with van der Waals surface area (Å²) in [6.07, 6.45) is 1.35. The van der Waals surface area contributed by atoms with Gasteiger partial charge in [0.25, 0.3) is 0 Å². The molecule has 3 nitrogen and oxygen atoms in total. The standard InChI is InChI=1S/C11H16N2O/c1-8-11(5-6-14-8)13-10-4-2-3-9(12)7-10/h2-4,7-8,11,13H,5-6,12H2,1H3. The van der Waals surface area contributed by atoms with Gasteiger partial charge in [-0.2, -0.15) is 0 Å². The SMILES string of the molecule is CC1OCCC1Nc1cccc(N)c1. The molecule has 0 aromatic heterocycles. The third-order valence-electron chi connectivity index (χ3n) is 2.61. The van der Waals surface area contributed by atoms with Gasteiger partial charge in [-0.15, -0.1) is 0 Å². The van der Waals surface area contributed by atoms with E-state index < -0.39 is 0 Å². The van der Waals surface area contributed by atoms with Crippen LogP contribution in [0.15, 0.2) is 24.3 Å². The topological polar surface area (TPSA) is 47.3 Å². The van der Waals surface area contributed by atoms with Crippen molar-refractivity contribution in [3.8, 4) is 0 Å². The Labute approximate surface area is 84.3 Å². The summed E-state index contributed by atoms with van der Waals surface area (Å²) in [6.45, 7) is 2.94. The predicted octanol–water partition coefficient (Wildman–Crippen LogP) is 1.86. The number of nitrogens with two attached hydrogens (primary N) is 1. The Bertz CT molecular complexity index is 314. The van der Waals surface area contributed by atoms with Crippen molar-refractivity contribution in [2.45, 2.75) is 25.5 Å². The Morgan fingerprint density at radius 1 is 1.50 bits per heavy atom. The van der Waals surface area contributed by atoms with E-state index in [0.29, 0.717) is 6.04 Å². The maximum atomic E-state index is 5.70. The maximum Gasteiger partial charge on any atom is 0.0748 e. The summed E-state index contributed by atoms with van der Waals surface area (Å²) in [7, 11) is 0. The van der Waals surface area contributed by atoms with E-state index in [0.717, 1.165) is 24.4 Å². The van der Waals surface area contributed by atoms with Crippen molar-refractivity contribution >= 4 is 11.4 Å². The van der Waals surface area contributed by atoms with Gasteiger partial charge in [-0.1, -0.05) is 6.07 Å². The van der Waals surface area contributed by atoms with Gasteiger partial charge in [0, 0.05) is 18.0 Å². The summed E-state index contributed by atoms with van der Waals surface area (Å²) >= 11 is 0. The molecule has 1 aliphatic heterocycles. The minimum Gasteiger partial charge on any atom is -0.399 e. The van der Waals surface area contributed by atoms with Crippen molar-refractivity contribution in [3.63, 3.8) is 0 Å². The van der Waals surface area contributed by atoms with Gasteiger partial charge in [-0.3, -0.25) is 0 Å². The van der Waals surface area contributed by atoms with Crippen LogP contribution in [0, 0.1) is 0 Å². The zero-order chi connectivity index (χ0) is 9.97. The third kappa shape index (κ3) is 1.99. The molecule has 1 heterocycles. The van der Waals surface area contributed by atoms with Crippen LogP contribution in [0.5, 0.6) is 0 Å². The number of nitrogens with one attached hydrogen (secondary N) is 1. The van der Waals surface area contributed by atoms with E-state index >= 15 is 0 Å². The van der Waals surface area contributed by atoms with Gasteiger partial charge in [-0.05, 0) is 31.5 Å². The van der Waals surface area contributed by atoms with E-state index in [2.05, 4.69) is 12.2 Å². The Morgan fingerprint density at radius 3 is 3.00 bits per heavy atom. The lowest BCUT2D eigenvalue weighted by molar-refractivity contribution is 0.121. The molecule has 3 N–H and O–H groups in total. The fourth-order valence-corrected chi connectivity index (χ4v) is 1.76. The fraction of sp³-hybridized carbons (Fsp3) is 0.455. The summed E-state index contributed by atoms with van der Waals surface area (Å²) < 4.78 is 5.47. The van der Waals surface area contributed by atoms with E-state index in [1.807, 2.05) is 24.3 Å². The Kier molecular flexibility index (Phi) is 2.59. The zero-order valence-electron chi connectivity index (χ0n) is 8.36. The van der Waals surface area contributed by atoms with Gasteiger partial charge in [0.2, 0.25) is 0 Å². The molecule has 0 aliphatic carbocycles. The summed E-state index contributed by atoms with van der Waals surface area (Å²) in [6, 6.07) is 8.24. The second-order valence-electron chi connectivity index (χ2n) is 3.74. The normalized spacial score (nSPS) is 26.4. The van der Waals surface area contributed by atoms with E-state index in [-0.39, 0.29) is 6.10 Å². The van der Waals surface area contributed by atoms with Crippen LogP contribution in [0.1, 0.15) is 13.3 Å². The summed E-state index contributed by atoms with van der Waals surface area (Å²) in [4.78, 5) is 0. The van der Waals surface area contributed by atoms with Crippen LogP contribution >= 0.6 is 0 Å². The average Bonchev–Trinajstić information content (AvgIpc) is 2.52. The highest BCUT2D eigenvalue weighted by molar-refractivity contribution is 5.54. The summed E-state index contributed by atoms with van der Waals surface area (Å²) in [5, 5.41) is 3.43. The highest BCUT2D eigenvalue weighted by Crippen LogP contribution is 2.19. The van der Waals surface area contributed by atoms with Crippen LogP contribution < -0.4 is 11.1 Å². The van der Waals surface area contributed by atoms with Crippen LogP contribution in [0.2, 0.25) is 0 Å². The molecule has 1 saturated heterocycles. The second-order valence-corrected chi connectivity index (χ2v) is 3.74. The lowest BCUT2D eigenvalue weighted by Gasteiger charge is -2.17. The second kappa shape index (κ2) is 3.88.